The molecule has 1 aliphatic rings. The molecule has 1 aromatic carbocycles. The van der Waals surface area contributed by atoms with Crippen molar-refractivity contribution in [2.75, 3.05) is 20.3 Å². The number of nitrogens with one attached hydrogen (secondary N) is 1. The van der Waals surface area contributed by atoms with Crippen molar-refractivity contribution < 1.29 is 13.9 Å². The molecule has 1 unspecified atom stereocenters. The average molecular weight is 253 g/mol. The number of rotatable bonds is 6. The zero-order valence-electron chi connectivity index (χ0n) is 10.7. The van der Waals surface area contributed by atoms with Crippen molar-refractivity contribution in [3.05, 3.63) is 35.1 Å². The van der Waals surface area contributed by atoms with Gasteiger partial charge in [-0.15, -0.1) is 0 Å². The Hall–Kier alpha value is -0.970. The summed E-state index contributed by atoms with van der Waals surface area (Å²) in [6.07, 6.45) is 2.33. The zero-order valence-corrected chi connectivity index (χ0v) is 10.7. The molecule has 1 heterocycles. The molecule has 4 heteroatoms. The van der Waals surface area contributed by atoms with Crippen LogP contribution < -0.4 is 5.32 Å². The lowest BCUT2D eigenvalue weighted by atomic mass is 10.1. The lowest BCUT2D eigenvalue weighted by molar-refractivity contribution is 0.00981. The third kappa shape index (κ3) is 3.77. The predicted octanol–water partition coefficient (Wildman–Crippen LogP) is 2.24. The molecule has 0 radical (unpaired) electrons. The van der Waals surface area contributed by atoms with E-state index in [1.165, 1.54) is 6.07 Å². The first-order valence-corrected chi connectivity index (χ1v) is 6.41. The van der Waals surface area contributed by atoms with Gasteiger partial charge in [-0.2, -0.15) is 0 Å². The van der Waals surface area contributed by atoms with Crippen LogP contribution in [-0.4, -0.2) is 26.4 Å². The van der Waals surface area contributed by atoms with Gasteiger partial charge in [0.05, 0.1) is 19.3 Å². The molecule has 1 atom stereocenters. The summed E-state index contributed by atoms with van der Waals surface area (Å²) >= 11 is 0. The predicted molar refractivity (Wildman–Crippen MR) is 67.8 cm³/mol. The largest absolute Gasteiger partial charge is 0.376 e. The Morgan fingerprint density at radius 2 is 2.39 bits per heavy atom. The van der Waals surface area contributed by atoms with E-state index in [0.29, 0.717) is 18.8 Å². The van der Waals surface area contributed by atoms with E-state index >= 15 is 0 Å². The van der Waals surface area contributed by atoms with Gasteiger partial charge in [-0.05, 0) is 37.6 Å². The molecular formula is C14H20FNO2. The highest BCUT2D eigenvalue weighted by molar-refractivity contribution is 5.24. The van der Waals surface area contributed by atoms with Crippen LogP contribution in [0.5, 0.6) is 0 Å². The molecule has 1 saturated heterocycles. The fourth-order valence-corrected chi connectivity index (χ4v) is 2.13. The van der Waals surface area contributed by atoms with E-state index in [4.69, 9.17) is 9.47 Å². The summed E-state index contributed by atoms with van der Waals surface area (Å²) in [5.41, 5.74) is 1.68. The molecule has 1 fully saturated rings. The molecule has 1 aromatic rings. The highest BCUT2D eigenvalue weighted by atomic mass is 19.1. The third-order valence-corrected chi connectivity index (χ3v) is 3.08. The summed E-state index contributed by atoms with van der Waals surface area (Å²) in [6.45, 7) is 2.41. The standard InChI is InChI=1S/C14H20FNO2/c1-16-8-11-4-5-14(15)12(7-11)9-17-10-13-3-2-6-18-13/h4-5,7,13,16H,2-3,6,8-10H2,1H3. The Balaban J connectivity index is 1.85. The highest BCUT2D eigenvalue weighted by Crippen LogP contribution is 2.15. The molecular weight excluding hydrogens is 233 g/mol. The van der Waals surface area contributed by atoms with Crippen molar-refractivity contribution in [1.29, 1.82) is 0 Å². The second kappa shape index (κ2) is 6.83. The maximum atomic E-state index is 13.6. The average Bonchev–Trinajstić information content (AvgIpc) is 2.86. The minimum atomic E-state index is -0.206. The van der Waals surface area contributed by atoms with Gasteiger partial charge in [-0.25, -0.2) is 4.39 Å². The summed E-state index contributed by atoms with van der Waals surface area (Å²) in [4.78, 5) is 0. The normalized spacial score (nSPS) is 19.3. The third-order valence-electron chi connectivity index (χ3n) is 3.08. The summed E-state index contributed by atoms with van der Waals surface area (Å²) in [6, 6.07) is 5.13. The van der Waals surface area contributed by atoms with Crippen molar-refractivity contribution in [1.82, 2.24) is 5.32 Å². The first-order valence-electron chi connectivity index (χ1n) is 6.41. The summed E-state index contributed by atoms with van der Waals surface area (Å²) < 4.78 is 24.6. The summed E-state index contributed by atoms with van der Waals surface area (Å²) in [5, 5.41) is 3.05. The molecule has 0 saturated carbocycles. The molecule has 0 bridgehead atoms. The van der Waals surface area contributed by atoms with Crippen molar-refractivity contribution in [3.63, 3.8) is 0 Å². The van der Waals surface area contributed by atoms with Crippen molar-refractivity contribution in [2.24, 2.45) is 0 Å². The highest BCUT2D eigenvalue weighted by Gasteiger charge is 2.15. The number of ether oxygens (including phenoxy) is 2. The van der Waals surface area contributed by atoms with E-state index in [1.807, 2.05) is 13.1 Å². The van der Waals surface area contributed by atoms with Gasteiger partial charge in [0.1, 0.15) is 5.82 Å². The van der Waals surface area contributed by atoms with Crippen LogP contribution in [-0.2, 0) is 22.6 Å². The fourth-order valence-electron chi connectivity index (χ4n) is 2.13. The Bertz CT molecular complexity index is 378. The van der Waals surface area contributed by atoms with Gasteiger partial charge >= 0.3 is 0 Å². The monoisotopic (exact) mass is 253 g/mol. The molecule has 0 aromatic heterocycles. The van der Waals surface area contributed by atoms with Gasteiger partial charge in [0, 0.05) is 18.7 Å². The zero-order chi connectivity index (χ0) is 12.8. The van der Waals surface area contributed by atoms with E-state index in [-0.39, 0.29) is 11.9 Å². The van der Waals surface area contributed by atoms with Gasteiger partial charge in [-0.1, -0.05) is 6.07 Å². The van der Waals surface area contributed by atoms with Gasteiger partial charge in [-0.3, -0.25) is 0 Å². The SMILES string of the molecule is CNCc1ccc(F)c(COCC2CCCO2)c1. The summed E-state index contributed by atoms with van der Waals surface area (Å²) in [5.74, 6) is -0.206. The van der Waals surface area contributed by atoms with E-state index in [1.54, 1.807) is 6.07 Å². The van der Waals surface area contributed by atoms with Crippen LogP contribution in [0.25, 0.3) is 0 Å². The van der Waals surface area contributed by atoms with Crippen molar-refractivity contribution >= 4 is 0 Å². The molecule has 100 valence electrons. The molecule has 1 N–H and O–H groups in total. The van der Waals surface area contributed by atoms with Crippen molar-refractivity contribution in [3.8, 4) is 0 Å². The maximum Gasteiger partial charge on any atom is 0.128 e. The number of hydrogen-bond acceptors (Lipinski definition) is 3. The Kier molecular flexibility index (Phi) is 5.11. The van der Waals surface area contributed by atoms with Crippen LogP contribution in [0.2, 0.25) is 0 Å². The Labute approximate surface area is 107 Å². The summed E-state index contributed by atoms with van der Waals surface area (Å²) in [7, 11) is 1.87. The minimum Gasteiger partial charge on any atom is -0.376 e. The maximum absolute atomic E-state index is 13.6. The molecule has 18 heavy (non-hydrogen) atoms. The minimum absolute atomic E-state index is 0.188. The van der Waals surface area contributed by atoms with Gasteiger partial charge in [0.2, 0.25) is 0 Å². The Morgan fingerprint density at radius 3 is 3.11 bits per heavy atom. The first kappa shape index (κ1) is 13.5. The van der Waals surface area contributed by atoms with E-state index in [9.17, 15) is 4.39 Å². The van der Waals surface area contributed by atoms with Crippen LogP contribution in [0, 0.1) is 5.82 Å². The molecule has 0 spiro atoms. The second-order valence-corrected chi connectivity index (χ2v) is 4.61. The topological polar surface area (TPSA) is 30.5 Å². The lowest BCUT2D eigenvalue weighted by Gasteiger charge is -2.11. The molecule has 3 nitrogen and oxygen atoms in total. The van der Waals surface area contributed by atoms with Gasteiger partial charge in [0.15, 0.2) is 0 Å². The molecule has 2 rings (SSSR count). The Morgan fingerprint density at radius 1 is 1.50 bits per heavy atom. The first-order chi connectivity index (χ1) is 8.79. The smallest absolute Gasteiger partial charge is 0.128 e. The fraction of sp³-hybridized carbons (Fsp3) is 0.571. The quantitative estimate of drug-likeness (QED) is 0.843. The second-order valence-electron chi connectivity index (χ2n) is 4.61. The van der Waals surface area contributed by atoms with E-state index in [2.05, 4.69) is 5.32 Å². The van der Waals surface area contributed by atoms with Crippen LogP contribution in [0.3, 0.4) is 0 Å². The van der Waals surface area contributed by atoms with Gasteiger partial charge in [0.25, 0.3) is 0 Å². The van der Waals surface area contributed by atoms with E-state index in [0.717, 1.165) is 31.6 Å². The lowest BCUT2D eigenvalue weighted by Crippen LogP contribution is -2.14. The van der Waals surface area contributed by atoms with E-state index < -0.39 is 0 Å². The number of benzene rings is 1. The van der Waals surface area contributed by atoms with Crippen LogP contribution in [0.4, 0.5) is 4.39 Å². The molecule has 0 amide bonds. The van der Waals surface area contributed by atoms with Crippen LogP contribution >= 0.6 is 0 Å². The number of halogens is 1. The van der Waals surface area contributed by atoms with Crippen LogP contribution in [0.15, 0.2) is 18.2 Å². The number of hydrogen-bond donors (Lipinski definition) is 1. The molecule has 0 aliphatic carbocycles. The molecule has 1 aliphatic heterocycles. The van der Waals surface area contributed by atoms with Gasteiger partial charge < -0.3 is 14.8 Å². The van der Waals surface area contributed by atoms with Crippen molar-refractivity contribution in [2.45, 2.75) is 32.1 Å². The van der Waals surface area contributed by atoms with Crippen LogP contribution in [0.1, 0.15) is 24.0 Å².